The van der Waals surface area contributed by atoms with Gasteiger partial charge in [-0.05, 0) is 13.0 Å². The van der Waals surface area contributed by atoms with E-state index >= 15 is 0 Å². The van der Waals surface area contributed by atoms with Gasteiger partial charge in [-0.3, -0.25) is 4.79 Å². The van der Waals surface area contributed by atoms with E-state index in [2.05, 4.69) is 30.4 Å². The lowest BCUT2D eigenvalue weighted by atomic mass is 10.1. The van der Waals surface area contributed by atoms with Crippen molar-refractivity contribution in [1.82, 2.24) is 4.98 Å². The second-order valence-electron chi connectivity index (χ2n) is 3.58. The molecule has 1 aromatic heterocycles. The number of rotatable bonds is 5. The van der Waals surface area contributed by atoms with Crippen molar-refractivity contribution in [2.75, 3.05) is 6.61 Å². The van der Waals surface area contributed by atoms with Gasteiger partial charge in [0.25, 0.3) is 0 Å². The van der Waals surface area contributed by atoms with Crippen LogP contribution in [0.2, 0.25) is 0 Å². The molecule has 20 heavy (non-hydrogen) atoms. The molecule has 0 saturated carbocycles. The summed E-state index contributed by atoms with van der Waals surface area (Å²) in [4.78, 5) is 14.9. The van der Waals surface area contributed by atoms with E-state index in [1.54, 1.807) is 6.92 Å². The van der Waals surface area contributed by atoms with Crippen LogP contribution in [-0.2, 0) is 21.3 Å². The summed E-state index contributed by atoms with van der Waals surface area (Å²) >= 11 is 2.97. The zero-order chi connectivity index (χ0) is 15.3. The quantitative estimate of drug-likeness (QED) is 0.648. The Morgan fingerprint density at radius 3 is 2.65 bits per heavy atom. The van der Waals surface area contributed by atoms with Gasteiger partial charge in [-0.1, -0.05) is 15.9 Å². The molecule has 0 atom stereocenters. The number of halogens is 4. The highest BCUT2D eigenvalue weighted by Gasteiger charge is 2.33. The van der Waals surface area contributed by atoms with Gasteiger partial charge in [0, 0.05) is 10.9 Å². The third-order valence-electron chi connectivity index (χ3n) is 2.10. The Bertz CT molecular complexity index is 493. The highest BCUT2D eigenvalue weighted by Crippen LogP contribution is 2.30. The molecular weight excluding hydrogens is 347 g/mol. The summed E-state index contributed by atoms with van der Waals surface area (Å²) in [5.74, 6) is -1.86. The lowest BCUT2D eigenvalue weighted by Crippen LogP contribution is -2.20. The average molecular weight is 358 g/mol. The van der Waals surface area contributed by atoms with Crippen LogP contribution in [0.15, 0.2) is 6.07 Å². The minimum absolute atomic E-state index is 0.0307. The summed E-state index contributed by atoms with van der Waals surface area (Å²) in [7, 11) is 0. The number of aromatic hydroxyl groups is 1. The molecule has 0 aliphatic heterocycles. The Balaban J connectivity index is 3.12. The maximum atomic E-state index is 12.3. The van der Waals surface area contributed by atoms with E-state index in [1.165, 1.54) is 0 Å². The van der Waals surface area contributed by atoms with Crippen LogP contribution in [0.1, 0.15) is 18.2 Å². The standard InChI is InChI=1S/C11H11BrF3NO4/c1-2-19-9(18)4-6-3-8(17)7(5-12)16-10(6)20-11(13,14)15/h3,17H,2,4-5H2,1H3. The first-order chi connectivity index (χ1) is 9.26. The molecule has 1 aromatic rings. The van der Waals surface area contributed by atoms with Crippen molar-refractivity contribution >= 4 is 21.9 Å². The van der Waals surface area contributed by atoms with Crippen LogP contribution in [0.25, 0.3) is 0 Å². The second-order valence-corrected chi connectivity index (χ2v) is 4.14. The summed E-state index contributed by atoms with van der Waals surface area (Å²) < 4.78 is 45.3. The second kappa shape index (κ2) is 6.78. The molecule has 0 spiro atoms. The number of carbonyl (C=O) groups is 1. The number of aromatic nitrogens is 1. The van der Waals surface area contributed by atoms with Gasteiger partial charge >= 0.3 is 12.3 Å². The maximum Gasteiger partial charge on any atom is 0.574 e. The monoisotopic (exact) mass is 357 g/mol. The topological polar surface area (TPSA) is 68.7 Å². The van der Waals surface area contributed by atoms with Crippen LogP contribution in [0.4, 0.5) is 13.2 Å². The molecule has 0 radical (unpaired) electrons. The van der Waals surface area contributed by atoms with Gasteiger partial charge in [0.2, 0.25) is 5.88 Å². The molecule has 5 nitrogen and oxygen atoms in total. The molecule has 0 bridgehead atoms. The fourth-order valence-corrected chi connectivity index (χ4v) is 1.76. The van der Waals surface area contributed by atoms with Gasteiger partial charge in [-0.2, -0.15) is 0 Å². The molecule has 1 N–H and O–H groups in total. The Kier molecular flexibility index (Phi) is 5.61. The Hall–Kier alpha value is -1.51. The van der Waals surface area contributed by atoms with E-state index in [1.807, 2.05) is 0 Å². The molecule has 0 unspecified atom stereocenters. The van der Waals surface area contributed by atoms with Crippen molar-refractivity contribution < 1.29 is 32.5 Å². The Morgan fingerprint density at radius 1 is 1.50 bits per heavy atom. The van der Waals surface area contributed by atoms with E-state index in [4.69, 9.17) is 0 Å². The number of carbonyl (C=O) groups excluding carboxylic acids is 1. The van der Waals surface area contributed by atoms with E-state index in [0.717, 1.165) is 6.07 Å². The fraction of sp³-hybridized carbons (Fsp3) is 0.455. The third kappa shape index (κ3) is 4.87. The molecular formula is C11H11BrF3NO4. The summed E-state index contributed by atoms with van der Waals surface area (Å²) in [6.07, 6.45) is -5.43. The smallest absolute Gasteiger partial charge is 0.506 e. The Labute approximate surface area is 120 Å². The van der Waals surface area contributed by atoms with Crippen LogP contribution in [-0.4, -0.2) is 29.0 Å². The van der Waals surface area contributed by atoms with E-state index < -0.39 is 24.6 Å². The summed E-state index contributed by atoms with van der Waals surface area (Å²) in [6.45, 7) is 1.65. The van der Waals surface area contributed by atoms with Gasteiger partial charge in [-0.25, -0.2) is 4.98 Å². The zero-order valence-corrected chi connectivity index (χ0v) is 11.9. The molecule has 0 amide bonds. The predicted molar refractivity (Wildman–Crippen MR) is 65.6 cm³/mol. The van der Waals surface area contributed by atoms with Crippen molar-refractivity contribution in [2.45, 2.75) is 25.0 Å². The minimum Gasteiger partial charge on any atom is -0.506 e. The largest absolute Gasteiger partial charge is 0.574 e. The summed E-state index contributed by atoms with van der Waals surface area (Å²) in [5, 5.41) is 9.61. The van der Waals surface area contributed by atoms with Crippen LogP contribution in [0.3, 0.4) is 0 Å². The first-order valence-corrected chi connectivity index (χ1v) is 6.58. The molecule has 0 fully saturated rings. The number of pyridine rings is 1. The van der Waals surface area contributed by atoms with Crippen molar-refractivity contribution in [1.29, 1.82) is 0 Å². The first-order valence-electron chi connectivity index (χ1n) is 5.46. The number of alkyl halides is 4. The van der Waals surface area contributed by atoms with Crippen molar-refractivity contribution in [3.63, 3.8) is 0 Å². The number of hydrogen-bond donors (Lipinski definition) is 1. The SMILES string of the molecule is CCOC(=O)Cc1cc(O)c(CBr)nc1OC(F)(F)F. The maximum absolute atomic E-state index is 12.3. The van der Waals surface area contributed by atoms with E-state index in [-0.39, 0.29) is 28.9 Å². The van der Waals surface area contributed by atoms with E-state index in [9.17, 15) is 23.1 Å². The normalized spacial score (nSPS) is 11.2. The van der Waals surface area contributed by atoms with Gasteiger partial charge in [0.15, 0.2) is 0 Å². The number of hydrogen-bond acceptors (Lipinski definition) is 5. The lowest BCUT2D eigenvalue weighted by molar-refractivity contribution is -0.276. The zero-order valence-electron chi connectivity index (χ0n) is 10.3. The van der Waals surface area contributed by atoms with Crippen LogP contribution >= 0.6 is 15.9 Å². The third-order valence-corrected chi connectivity index (χ3v) is 2.63. The number of ether oxygens (including phenoxy) is 2. The number of nitrogens with zero attached hydrogens (tertiary/aromatic N) is 1. The molecule has 0 aliphatic rings. The van der Waals surface area contributed by atoms with Crippen molar-refractivity contribution in [3.8, 4) is 11.6 Å². The molecule has 0 aromatic carbocycles. The predicted octanol–water partition coefficient (Wildman–Crippen LogP) is 2.69. The molecule has 0 aliphatic carbocycles. The van der Waals surface area contributed by atoms with Crippen molar-refractivity contribution in [3.05, 3.63) is 17.3 Å². The van der Waals surface area contributed by atoms with Crippen molar-refractivity contribution in [2.24, 2.45) is 0 Å². The summed E-state index contributed by atoms with van der Waals surface area (Å²) in [5.41, 5.74) is -0.236. The van der Waals surface area contributed by atoms with Gasteiger partial charge < -0.3 is 14.6 Å². The molecule has 0 saturated heterocycles. The Morgan fingerprint density at radius 2 is 2.15 bits per heavy atom. The first kappa shape index (κ1) is 16.5. The fourth-order valence-electron chi connectivity index (χ4n) is 1.35. The van der Waals surface area contributed by atoms with Gasteiger partial charge in [-0.15, -0.1) is 13.2 Å². The van der Waals surface area contributed by atoms with Crippen LogP contribution in [0.5, 0.6) is 11.6 Å². The number of esters is 1. The van der Waals surface area contributed by atoms with Crippen LogP contribution < -0.4 is 4.74 Å². The van der Waals surface area contributed by atoms with Gasteiger partial charge in [0.1, 0.15) is 5.75 Å². The highest BCUT2D eigenvalue weighted by atomic mass is 79.9. The molecule has 1 rings (SSSR count). The molecule has 112 valence electrons. The minimum atomic E-state index is -4.95. The highest BCUT2D eigenvalue weighted by molar-refractivity contribution is 9.08. The average Bonchev–Trinajstić information content (AvgIpc) is 2.31. The summed E-state index contributed by atoms with van der Waals surface area (Å²) in [6, 6.07) is 1.00. The van der Waals surface area contributed by atoms with Gasteiger partial charge in [0.05, 0.1) is 18.7 Å². The molecule has 9 heteroatoms. The van der Waals surface area contributed by atoms with Crippen LogP contribution in [0, 0.1) is 0 Å². The lowest BCUT2D eigenvalue weighted by Gasteiger charge is -2.13. The molecule has 1 heterocycles. The van der Waals surface area contributed by atoms with E-state index in [0.29, 0.717) is 0 Å².